The summed E-state index contributed by atoms with van der Waals surface area (Å²) in [7, 11) is 0. The number of nitro groups is 1. The maximum atomic E-state index is 10.8. The molecule has 0 N–H and O–H groups in total. The van der Waals surface area contributed by atoms with Crippen LogP contribution in [0.3, 0.4) is 0 Å². The van der Waals surface area contributed by atoms with Crippen molar-refractivity contribution in [3.8, 4) is 17.1 Å². The van der Waals surface area contributed by atoms with E-state index in [0.29, 0.717) is 16.1 Å². The zero-order valence-electron chi connectivity index (χ0n) is 14.6. The van der Waals surface area contributed by atoms with E-state index in [-0.39, 0.29) is 5.69 Å². The van der Waals surface area contributed by atoms with Crippen molar-refractivity contribution in [1.82, 2.24) is 29.7 Å². The molecule has 4 rings (SSSR count). The quantitative estimate of drug-likeness (QED) is 0.289. The molecule has 0 aliphatic heterocycles. The van der Waals surface area contributed by atoms with E-state index >= 15 is 0 Å². The van der Waals surface area contributed by atoms with Gasteiger partial charge in [0.05, 0.1) is 10.6 Å². The van der Waals surface area contributed by atoms with Crippen molar-refractivity contribution in [3.63, 3.8) is 0 Å². The van der Waals surface area contributed by atoms with E-state index in [9.17, 15) is 10.1 Å². The van der Waals surface area contributed by atoms with E-state index in [2.05, 4.69) is 25.1 Å². The minimum Gasteiger partial charge on any atom is -0.269 e. The van der Waals surface area contributed by atoms with Gasteiger partial charge in [0, 0.05) is 18.0 Å². The lowest BCUT2D eigenvalue weighted by Gasteiger charge is -2.12. The molecule has 0 radical (unpaired) electrons. The molecule has 10 heteroatoms. The van der Waals surface area contributed by atoms with Crippen LogP contribution in [-0.2, 0) is 0 Å². The lowest BCUT2D eigenvalue weighted by molar-refractivity contribution is -0.385. The van der Waals surface area contributed by atoms with Crippen molar-refractivity contribution < 1.29 is 4.92 Å². The Hall–Kier alpha value is -3.66. The first-order chi connectivity index (χ1) is 13.6. The summed E-state index contributed by atoms with van der Waals surface area (Å²) in [6, 6.07) is 11.6. The maximum absolute atomic E-state index is 10.8. The van der Waals surface area contributed by atoms with Gasteiger partial charge in [-0.2, -0.15) is 0 Å². The summed E-state index contributed by atoms with van der Waals surface area (Å²) in [4.78, 5) is 22.5. The molecule has 0 amide bonds. The van der Waals surface area contributed by atoms with Crippen LogP contribution in [0.4, 0.5) is 5.69 Å². The van der Waals surface area contributed by atoms with Crippen LogP contribution in [0, 0.1) is 17.0 Å². The van der Waals surface area contributed by atoms with E-state index in [1.807, 2.05) is 47.9 Å². The van der Waals surface area contributed by atoms with Crippen molar-refractivity contribution >= 4 is 17.4 Å². The first-order valence-corrected chi connectivity index (χ1v) is 9.01. The Morgan fingerprint density at radius 3 is 2.50 bits per heavy atom. The van der Waals surface area contributed by atoms with Gasteiger partial charge in [0.2, 0.25) is 5.16 Å². The largest absolute Gasteiger partial charge is 0.305 e. The van der Waals surface area contributed by atoms with Gasteiger partial charge in [-0.1, -0.05) is 18.2 Å². The van der Waals surface area contributed by atoms with Crippen LogP contribution < -0.4 is 0 Å². The van der Waals surface area contributed by atoms with Gasteiger partial charge in [-0.3, -0.25) is 19.7 Å². The Labute approximate surface area is 163 Å². The molecule has 0 saturated carbocycles. The Balaban J connectivity index is 1.80. The van der Waals surface area contributed by atoms with Crippen LogP contribution >= 0.6 is 11.8 Å². The highest BCUT2D eigenvalue weighted by molar-refractivity contribution is 7.99. The number of aromatic nitrogens is 6. The van der Waals surface area contributed by atoms with Crippen molar-refractivity contribution in [2.45, 2.75) is 17.2 Å². The zero-order valence-corrected chi connectivity index (χ0v) is 15.4. The fraction of sp³-hybridized carbons (Fsp3) is 0.0556. The molecule has 9 nitrogen and oxygen atoms in total. The topological polar surface area (TPSA) is 113 Å². The highest BCUT2D eigenvalue weighted by atomic mass is 32.2. The average molecular weight is 391 g/mol. The molecule has 3 heterocycles. The standard InChI is InChI=1S/C18H13N7O2S/c1-12-5-2-3-7-15(12)24-16(13-6-4-8-19-9-13)22-23-18(24)28-17-20-10-14(11-21-17)25(26)27/h2-11H,1H3. The SMILES string of the molecule is Cc1ccccc1-n1c(Sc2ncc([N+](=O)[O-])cn2)nnc1-c1cccnc1. The van der Waals surface area contributed by atoms with Crippen LogP contribution in [0.25, 0.3) is 17.1 Å². The van der Waals surface area contributed by atoms with Gasteiger partial charge in [0.15, 0.2) is 11.0 Å². The second kappa shape index (κ2) is 7.53. The second-order valence-electron chi connectivity index (χ2n) is 5.75. The Morgan fingerprint density at radius 2 is 1.82 bits per heavy atom. The molecule has 0 bridgehead atoms. The van der Waals surface area contributed by atoms with Crippen molar-refractivity contribution in [2.24, 2.45) is 0 Å². The monoisotopic (exact) mass is 391 g/mol. The average Bonchev–Trinajstić information content (AvgIpc) is 3.13. The molecule has 0 unspecified atom stereocenters. The van der Waals surface area contributed by atoms with Crippen molar-refractivity contribution in [3.05, 3.63) is 76.9 Å². The Kier molecular flexibility index (Phi) is 4.77. The minimum absolute atomic E-state index is 0.166. The third-order valence-corrected chi connectivity index (χ3v) is 4.76. The summed E-state index contributed by atoms with van der Waals surface area (Å²) in [6.07, 6.45) is 5.76. The smallest absolute Gasteiger partial charge is 0.269 e. The molecule has 0 saturated heterocycles. The van der Waals surface area contributed by atoms with E-state index in [1.54, 1.807) is 12.4 Å². The number of benzene rings is 1. The number of hydrogen-bond donors (Lipinski definition) is 0. The molecule has 0 aliphatic carbocycles. The molecule has 0 aliphatic rings. The van der Waals surface area contributed by atoms with Gasteiger partial charge in [-0.05, 0) is 42.4 Å². The lowest BCUT2D eigenvalue weighted by Crippen LogP contribution is -2.02. The van der Waals surface area contributed by atoms with E-state index in [1.165, 1.54) is 24.2 Å². The summed E-state index contributed by atoms with van der Waals surface area (Å²) >= 11 is 1.18. The fourth-order valence-corrected chi connectivity index (χ4v) is 3.32. The summed E-state index contributed by atoms with van der Waals surface area (Å²) in [5.41, 5.74) is 2.60. The molecule has 0 fully saturated rings. The molecule has 0 atom stereocenters. The molecule has 4 aromatic rings. The number of pyridine rings is 1. The van der Waals surface area contributed by atoms with Gasteiger partial charge >= 0.3 is 5.69 Å². The van der Waals surface area contributed by atoms with Gasteiger partial charge in [-0.15, -0.1) is 10.2 Å². The third-order valence-electron chi connectivity index (χ3n) is 3.92. The maximum Gasteiger partial charge on any atom is 0.305 e. The predicted octanol–water partition coefficient (Wildman–Crippen LogP) is 3.49. The first-order valence-electron chi connectivity index (χ1n) is 8.19. The summed E-state index contributed by atoms with van der Waals surface area (Å²) < 4.78 is 1.90. The number of nitrogens with zero attached hydrogens (tertiary/aromatic N) is 7. The predicted molar refractivity (Wildman–Crippen MR) is 102 cm³/mol. The van der Waals surface area contributed by atoms with Crippen LogP contribution in [0.15, 0.2) is 71.5 Å². The molecule has 28 heavy (non-hydrogen) atoms. The highest BCUT2D eigenvalue weighted by Crippen LogP contribution is 2.31. The van der Waals surface area contributed by atoms with Crippen LogP contribution in [0.2, 0.25) is 0 Å². The number of rotatable bonds is 5. The van der Waals surface area contributed by atoms with Crippen LogP contribution in [0.1, 0.15) is 5.56 Å². The fourth-order valence-electron chi connectivity index (χ4n) is 2.59. The van der Waals surface area contributed by atoms with E-state index in [0.717, 1.165) is 16.8 Å². The minimum atomic E-state index is -0.537. The summed E-state index contributed by atoms with van der Waals surface area (Å²) in [5, 5.41) is 20.3. The Bertz CT molecular complexity index is 1130. The second-order valence-corrected chi connectivity index (χ2v) is 6.69. The summed E-state index contributed by atoms with van der Waals surface area (Å²) in [5.74, 6) is 0.631. The van der Waals surface area contributed by atoms with Gasteiger partial charge < -0.3 is 0 Å². The van der Waals surface area contributed by atoms with Gasteiger partial charge in [0.1, 0.15) is 12.4 Å². The lowest BCUT2D eigenvalue weighted by atomic mass is 10.2. The third kappa shape index (κ3) is 3.45. The zero-order chi connectivity index (χ0) is 19.5. The first kappa shape index (κ1) is 17.7. The molecular formula is C18H13N7O2S. The van der Waals surface area contributed by atoms with Crippen molar-refractivity contribution in [2.75, 3.05) is 0 Å². The van der Waals surface area contributed by atoms with Gasteiger partial charge in [-0.25, -0.2) is 9.97 Å². The Morgan fingerprint density at radius 1 is 1.04 bits per heavy atom. The molecule has 138 valence electrons. The molecule has 0 spiro atoms. The normalized spacial score (nSPS) is 10.8. The van der Waals surface area contributed by atoms with Crippen LogP contribution in [-0.4, -0.2) is 34.6 Å². The number of para-hydroxylation sites is 1. The van der Waals surface area contributed by atoms with Crippen molar-refractivity contribution in [1.29, 1.82) is 0 Å². The van der Waals surface area contributed by atoms with Gasteiger partial charge in [0.25, 0.3) is 0 Å². The molecule has 3 aromatic heterocycles. The van der Waals surface area contributed by atoms with E-state index in [4.69, 9.17) is 0 Å². The number of hydrogen-bond acceptors (Lipinski definition) is 8. The van der Waals surface area contributed by atoms with E-state index < -0.39 is 4.92 Å². The number of aryl methyl sites for hydroxylation is 1. The summed E-state index contributed by atoms with van der Waals surface area (Å²) in [6.45, 7) is 2.00. The highest BCUT2D eigenvalue weighted by Gasteiger charge is 2.19. The molecular weight excluding hydrogens is 378 g/mol. The molecule has 1 aromatic carbocycles. The van der Waals surface area contributed by atoms with Crippen LogP contribution in [0.5, 0.6) is 0 Å².